The summed E-state index contributed by atoms with van der Waals surface area (Å²) >= 11 is 0. The van der Waals surface area contributed by atoms with Gasteiger partial charge in [-0.3, -0.25) is 9.59 Å². The molecule has 4 rings (SSSR count). The van der Waals surface area contributed by atoms with Gasteiger partial charge >= 0.3 is 0 Å². The van der Waals surface area contributed by atoms with Gasteiger partial charge in [0.05, 0.1) is 4.90 Å². The molecule has 4 aromatic rings. The number of rotatable bonds is 7. The Morgan fingerprint density at radius 1 is 0.886 bits per heavy atom. The van der Waals surface area contributed by atoms with Gasteiger partial charge in [-0.1, -0.05) is 42.0 Å². The van der Waals surface area contributed by atoms with Gasteiger partial charge in [0.1, 0.15) is 0 Å². The van der Waals surface area contributed by atoms with Gasteiger partial charge in [0, 0.05) is 29.7 Å². The Bertz CT molecular complexity index is 1590. The summed E-state index contributed by atoms with van der Waals surface area (Å²) in [4.78, 5) is 27.7. The first-order valence-corrected chi connectivity index (χ1v) is 12.8. The largest absolute Gasteiger partial charge is 0.322 e. The molecule has 0 atom stereocenters. The van der Waals surface area contributed by atoms with Crippen molar-refractivity contribution in [3.8, 4) is 0 Å². The molecular formula is C28H28N2O4S. The summed E-state index contributed by atoms with van der Waals surface area (Å²) in [6.07, 6.45) is 0. The molecule has 0 spiro atoms. The minimum atomic E-state index is -4.02. The van der Waals surface area contributed by atoms with E-state index in [1.165, 1.54) is 23.4 Å². The van der Waals surface area contributed by atoms with Crippen molar-refractivity contribution >= 4 is 26.7 Å². The molecular weight excluding hydrogens is 460 g/mol. The van der Waals surface area contributed by atoms with Gasteiger partial charge in [0.25, 0.3) is 5.56 Å². The summed E-state index contributed by atoms with van der Waals surface area (Å²) in [6, 6.07) is 19.3. The average molecular weight is 489 g/mol. The zero-order valence-corrected chi connectivity index (χ0v) is 21.1. The zero-order chi connectivity index (χ0) is 25.3. The highest BCUT2D eigenvalue weighted by Gasteiger charge is 2.26. The second-order valence-corrected chi connectivity index (χ2v) is 10.9. The number of sulfonamides is 1. The van der Waals surface area contributed by atoms with Crippen LogP contribution in [-0.2, 0) is 23.1 Å². The van der Waals surface area contributed by atoms with E-state index in [4.69, 9.17) is 0 Å². The van der Waals surface area contributed by atoms with Crippen LogP contribution >= 0.6 is 0 Å². The number of nitrogens with one attached hydrogen (secondary N) is 1. The minimum absolute atomic E-state index is 0.0148. The molecule has 0 saturated heterocycles. The second kappa shape index (κ2) is 9.60. The number of aryl methyl sites for hydroxylation is 3. The molecule has 7 heteroatoms. The van der Waals surface area contributed by atoms with Crippen molar-refractivity contribution < 1.29 is 13.2 Å². The molecule has 0 aliphatic carbocycles. The van der Waals surface area contributed by atoms with Gasteiger partial charge < -0.3 is 4.98 Å². The summed E-state index contributed by atoms with van der Waals surface area (Å²) in [5.74, 6) is -0.219. The first kappa shape index (κ1) is 24.6. The number of carbonyl (C=O) groups is 1. The minimum Gasteiger partial charge on any atom is -0.322 e. The Morgan fingerprint density at radius 3 is 2.26 bits per heavy atom. The fourth-order valence-corrected chi connectivity index (χ4v) is 5.43. The maximum absolute atomic E-state index is 13.8. The molecule has 6 nitrogen and oxygen atoms in total. The third-order valence-corrected chi connectivity index (χ3v) is 8.03. The number of aromatic amines is 1. The number of benzene rings is 3. The van der Waals surface area contributed by atoms with Crippen molar-refractivity contribution in [2.24, 2.45) is 0 Å². The van der Waals surface area contributed by atoms with Gasteiger partial charge in [-0.25, -0.2) is 8.42 Å². The van der Waals surface area contributed by atoms with Crippen LogP contribution in [0.1, 0.15) is 45.1 Å². The zero-order valence-electron chi connectivity index (χ0n) is 20.3. The van der Waals surface area contributed by atoms with Crippen LogP contribution in [0.25, 0.3) is 10.9 Å². The van der Waals surface area contributed by atoms with Crippen molar-refractivity contribution in [3.05, 3.63) is 110 Å². The highest BCUT2D eigenvalue weighted by atomic mass is 32.2. The third-order valence-electron chi connectivity index (χ3n) is 6.24. The van der Waals surface area contributed by atoms with Crippen LogP contribution < -0.4 is 5.56 Å². The van der Waals surface area contributed by atoms with Crippen LogP contribution in [0.3, 0.4) is 0 Å². The Kier molecular flexibility index (Phi) is 6.74. The van der Waals surface area contributed by atoms with Crippen LogP contribution in [0.15, 0.2) is 76.4 Å². The van der Waals surface area contributed by atoms with Crippen LogP contribution in [-0.4, -0.2) is 23.5 Å². The second-order valence-electron chi connectivity index (χ2n) is 8.99. The normalized spacial score (nSPS) is 11.8. The van der Waals surface area contributed by atoms with E-state index in [9.17, 15) is 18.0 Å². The SMILES string of the molecule is CC(=O)c1cccc(S(=O)(=O)N(Cc2ccc(C)cc2)Cc2cc3cc(C)c(C)cc3[nH]c2=O)c1. The molecule has 180 valence electrons. The molecule has 0 aliphatic heterocycles. The van der Waals surface area contributed by atoms with Gasteiger partial charge in [-0.15, -0.1) is 0 Å². The van der Waals surface area contributed by atoms with Crippen molar-refractivity contribution in [2.75, 3.05) is 0 Å². The Morgan fingerprint density at radius 2 is 1.57 bits per heavy atom. The molecule has 3 aromatic carbocycles. The monoisotopic (exact) mass is 488 g/mol. The molecule has 35 heavy (non-hydrogen) atoms. The van der Waals surface area contributed by atoms with Crippen LogP contribution in [0.4, 0.5) is 0 Å². The average Bonchev–Trinajstić information content (AvgIpc) is 2.81. The molecule has 0 saturated carbocycles. The maximum atomic E-state index is 13.8. The van der Waals surface area contributed by atoms with Crippen molar-refractivity contribution in [1.82, 2.24) is 9.29 Å². The first-order chi connectivity index (χ1) is 16.5. The van der Waals surface area contributed by atoms with Crippen molar-refractivity contribution in [2.45, 2.75) is 45.7 Å². The number of nitrogens with zero attached hydrogens (tertiary/aromatic N) is 1. The van der Waals surface area contributed by atoms with E-state index >= 15 is 0 Å². The fraction of sp³-hybridized carbons (Fsp3) is 0.214. The third kappa shape index (κ3) is 5.26. The Labute approximate surface area is 205 Å². The number of aromatic nitrogens is 1. The molecule has 1 heterocycles. The van der Waals surface area contributed by atoms with E-state index in [0.717, 1.165) is 27.6 Å². The highest BCUT2D eigenvalue weighted by molar-refractivity contribution is 7.89. The number of carbonyl (C=O) groups excluding carboxylic acids is 1. The number of fused-ring (bicyclic) bond motifs is 1. The standard InChI is InChI=1S/C28H28N2O4S/c1-18-8-10-22(11-9-18)16-30(35(33,34)26-7-5-6-23(15-26)21(4)31)17-25-14-24-12-19(2)20(3)13-27(24)29-28(25)32/h5-15H,16-17H2,1-4H3,(H,29,32). The molecule has 0 bridgehead atoms. The molecule has 0 amide bonds. The van der Waals surface area contributed by atoms with Crippen LogP contribution in [0.5, 0.6) is 0 Å². The number of pyridine rings is 1. The molecule has 0 radical (unpaired) electrons. The van der Waals surface area contributed by atoms with Crippen molar-refractivity contribution in [1.29, 1.82) is 0 Å². The van der Waals surface area contributed by atoms with Gasteiger partial charge in [-0.2, -0.15) is 4.31 Å². The molecule has 1 aromatic heterocycles. The van der Waals surface area contributed by atoms with E-state index in [2.05, 4.69) is 4.98 Å². The predicted octanol–water partition coefficient (Wildman–Crippen LogP) is 5.05. The quantitative estimate of drug-likeness (QED) is 0.369. The fourth-order valence-electron chi connectivity index (χ4n) is 3.98. The highest BCUT2D eigenvalue weighted by Crippen LogP contribution is 2.23. The van der Waals surface area contributed by atoms with E-state index in [0.29, 0.717) is 16.6 Å². The van der Waals surface area contributed by atoms with Crippen LogP contribution in [0, 0.1) is 20.8 Å². The van der Waals surface area contributed by atoms with Crippen LogP contribution in [0.2, 0.25) is 0 Å². The first-order valence-electron chi connectivity index (χ1n) is 11.3. The number of Topliss-reactive ketones (excluding diaryl/α,β-unsaturated/α-hetero) is 1. The maximum Gasteiger partial charge on any atom is 0.252 e. The Balaban J connectivity index is 1.80. The lowest BCUT2D eigenvalue weighted by Crippen LogP contribution is -2.32. The molecule has 1 N–H and O–H groups in total. The van der Waals surface area contributed by atoms with Crippen molar-refractivity contribution in [3.63, 3.8) is 0 Å². The number of hydrogen-bond donors (Lipinski definition) is 1. The lowest BCUT2D eigenvalue weighted by molar-refractivity contribution is 0.101. The predicted molar refractivity (Wildman–Crippen MR) is 138 cm³/mol. The number of H-pyrrole nitrogens is 1. The molecule has 0 aliphatic rings. The lowest BCUT2D eigenvalue weighted by Gasteiger charge is -2.23. The topological polar surface area (TPSA) is 87.3 Å². The summed E-state index contributed by atoms with van der Waals surface area (Å²) in [5.41, 5.74) is 5.05. The van der Waals surface area contributed by atoms with Gasteiger partial charge in [0.15, 0.2) is 5.78 Å². The number of hydrogen-bond acceptors (Lipinski definition) is 4. The number of ketones is 1. The summed E-state index contributed by atoms with van der Waals surface area (Å²) in [6.45, 7) is 7.30. The van der Waals surface area contributed by atoms with Gasteiger partial charge in [-0.05, 0) is 80.1 Å². The van der Waals surface area contributed by atoms with E-state index in [1.54, 1.807) is 18.2 Å². The van der Waals surface area contributed by atoms with Gasteiger partial charge in [0.2, 0.25) is 10.0 Å². The van der Waals surface area contributed by atoms with E-state index < -0.39 is 10.0 Å². The Hall–Kier alpha value is -3.55. The summed E-state index contributed by atoms with van der Waals surface area (Å²) in [7, 11) is -4.02. The van der Waals surface area contributed by atoms with E-state index in [1.807, 2.05) is 57.2 Å². The lowest BCUT2D eigenvalue weighted by atomic mass is 10.0. The summed E-state index contributed by atoms with van der Waals surface area (Å²) < 4.78 is 28.8. The molecule has 0 unspecified atom stereocenters. The molecule has 0 fully saturated rings. The smallest absolute Gasteiger partial charge is 0.252 e. The van der Waals surface area contributed by atoms with E-state index in [-0.39, 0.29) is 29.3 Å². The summed E-state index contributed by atoms with van der Waals surface area (Å²) in [5, 5.41) is 0.842.